The molecule has 1 unspecified atom stereocenters. The van der Waals surface area contributed by atoms with Gasteiger partial charge in [-0.15, -0.1) is 0 Å². The quantitative estimate of drug-likeness (QED) is 0.869. The van der Waals surface area contributed by atoms with E-state index in [9.17, 15) is 0 Å². The summed E-state index contributed by atoms with van der Waals surface area (Å²) in [4.78, 5) is 7.41. The largest absolute Gasteiger partial charge is 0.349 e. The molecule has 0 fully saturated rings. The zero-order valence-corrected chi connectivity index (χ0v) is 11.5. The van der Waals surface area contributed by atoms with E-state index in [4.69, 9.17) is 11.6 Å². The Bertz CT molecular complexity index is 494. The number of nitrogens with zero attached hydrogens (tertiary/aromatic N) is 1. The number of aromatic nitrogens is 2. The first-order valence-corrected chi connectivity index (χ1v) is 6.56. The van der Waals surface area contributed by atoms with Gasteiger partial charge in [-0.2, -0.15) is 0 Å². The number of likely N-dealkylation sites (N-methyl/N-ethyl adjacent to an activating group) is 1. The molecule has 1 atom stereocenters. The Kier molecular flexibility index (Phi) is 4.39. The Morgan fingerprint density at radius 1 is 1.44 bits per heavy atom. The van der Waals surface area contributed by atoms with Gasteiger partial charge in [0.2, 0.25) is 0 Å². The molecule has 0 saturated heterocycles. The lowest BCUT2D eigenvalue weighted by atomic mass is 10.0. The maximum Gasteiger partial charge on any atom is 0.107 e. The van der Waals surface area contributed by atoms with Gasteiger partial charge in [0.15, 0.2) is 0 Å². The molecule has 0 aliphatic heterocycles. The zero-order valence-electron chi connectivity index (χ0n) is 10.7. The van der Waals surface area contributed by atoms with Crippen LogP contribution in [-0.4, -0.2) is 16.5 Å². The van der Waals surface area contributed by atoms with Crippen molar-refractivity contribution in [2.45, 2.75) is 26.3 Å². The van der Waals surface area contributed by atoms with Crippen molar-refractivity contribution >= 4 is 11.6 Å². The summed E-state index contributed by atoms with van der Waals surface area (Å²) in [5.74, 6) is 0.971. The number of benzene rings is 1. The van der Waals surface area contributed by atoms with E-state index in [-0.39, 0.29) is 6.04 Å². The first-order valence-electron chi connectivity index (χ1n) is 6.19. The van der Waals surface area contributed by atoms with Gasteiger partial charge in [0.1, 0.15) is 5.82 Å². The molecule has 0 bridgehead atoms. The van der Waals surface area contributed by atoms with Crippen LogP contribution >= 0.6 is 11.6 Å². The predicted molar refractivity (Wildman–Crippen MR) is 74.9 cm³/mol. The van der Waals surface area contributed by atoms with E-state index in [0.29, 0.717) is 0 Å². The Balaban J connectivity index is 2.26. The molecule has 0 aliphatic carbocycles. The third-order valence-electron chi connectivity index (χ3n) is 3.00. The van der Waals surface area contributed by atoms with Crippen molar-refractivity contribution in [2.75, 3.05) is 6.54 Å². The summed E-state index contributed by atoms with van der Waals surface area (Å²) in [6.07, 6.45) is 4.43. The summed E-state index contributed by atoms with van der Waals surface area (Å²) in [6.45, 7) is 5.02. The lowest BCUT2D eigenvalue weighted by Crippen LogP contribution is -2.23. The molecular formula is C14H18ClN3. The standard InChI is InChI=1S/C14H18ClN3/c1-3-16-12(9-13-17-7-8-18-13)11-6-4-5-10(2)14(11)15/h4-8,12,16H,3,9H2,1-2H3,(H,17,18). The highest BCUT2D eigenvalue weighted by Gasteiger charge is 2.16. The molecule has 1 aromatic heterocycles. The van der Waals surface area contributed by atoms with Crippen molar-refractivity contribution in [2.24, 2.45) is 0 Å². The number of imidazole rings is 1. The number of nitrogens with one attached hydrogen (secondary N) is 2. The molecule has 2 rings (SSSR count). The van der Waals surface area contributed by atoms with Gasteiger partial charge in [-0.25, -0.2) is 4.98 Å². The van der Waals surface area contributed by atoms with Crippen molar-refractivity contribution in [3.05, 3.63) is 52.6 Å². The van der Waals surface area contributed by atoms with Gasteiger partial charge < -0.3 is 10.3 Å². The van der Waals surface area contributed by atoms with Crippen LogP contribution in [-0.2, 0) is 6.42 Å². The van der Waals surface area contributed by atoms with Crippen LogP contribution in [0.1, 0.15) is 29.9 Å². The first-order chi connectivity index (χ1) is 8.72. The van der Waals surface area contributed by atoms with E-state index in [1.165, 1.54) is 0 Å². The van der Waals surface area contributed by atoms with Gasteiger partial charge in [-0.3, -0.25) is 0 Å². The Morgan fingerprint density at radius 2 is 2.28 bits per heavy atom. The number of aryl methyl sites for hydroxylation is 1. The summed E-state index contributed by atoms with van der Waals surface area (Å²) in [5.41, 5.74) is 2.24. The smallest absolute Gasteiger partial charge is 0.107 e. The first kappa shape index (κ1) is 13.1. The predicted octanol–water partition coefficient (Wildman–Crippen LogP) is 3.26. The van der Waals surface area contributed by atoms with E-state index < -0.39 is 0 Å². The third-order valence-corrected chi connectivity index (χ3v) is 3.52. The lowest BCUT2D eigenvalue weighted by Gasteiger charge is -2.19. The van der Waals surface area contributed by atoms with Crippen LogP contribution in [0, 0.1) is 6.92 Å². The average Bonchev–Trinajstić information content (AvgIpc) is 2.85. The monoisotopic (exact) mass is 263 g/mol. The summed E-state index contributed by atoms with van der Waals surface area (Å²) in [5, 5.41) is 4.30. The van der Waals surface area contributed by atoms with Crippen LogP contribution in [0.15, 0.2) is 30.6 Å². The fourth-order valence-corrected chi connectivity index (χ4v) is 2.34. The highest BCUT2D eigenvalue weighted by Crippen LogP contribution is 2.27. The highest BCUT2D eigenvalue weighted by molar-refractivity contribution is 6.32. The Labute approximate surface area is 113 Å². The second-order valence-electron chi connectivity index (χ2n) is 4.33. The van der Waals surface area contributed by atoms with E-state index in [0.717, 1.165) is 34.9 Å². The number of H-pyrrole nitrogens is 1. The average molecular weight is 264 g/mol. The molecule has 0 spiro atoms. The lowest BCUT2D eigenvalue weighted by molar-refractivity contribution is 0.539. The molecule has 2 aromatic rings. The van der Waals surface area contributed by atoms with Crippen LogP contribution in [0.4, 0.5) is 0 Å². The number of hydrogen-bond acceptors (Lipinski definition) is 2. The number of rotatable bonds is 5. The Morgan fingerprint density at radius 3 is 2.94 bits per heavy atom. The van der Waals surface area contributed by atoms with E-state index in [1.807, 2.05) is 25.3 Å². The summed E-state index contributed by atoms with van der Waals surface area (Å²) in [7, 11) is 0. The molecule has 1 heterocycles. The third kappa shape index (κ3) is 2.92. The highest BCUT2D eigenvalue weighted by atomic mass is 35.5. The minimum Gasteiger partial charge on any atom is -0.349 e. The summed E-state index contributed by atoms with van der Waals surface area (Å²) >= 11 is 6.39. The SMILES string of the molecule is CCNC(Cc1ncc[nH]1)c1cccc(C)c1Cl. The van der Waals surface area contributed by atoms with Gasteiger partial charge in [0.25, 0.3) is 0 Å². The molecule has 0 saturated carbocycles. The normalized spacial score (nSPS) is 12.6. The fourth-order valence-electron chi connectivity index (χ4n) is 2.08. The molecule has 0 amide bonds. The maximum absolute atomic E-state index is 6.39. The van der Waals surface area contributed by atoms with Gasteiger partial charge in [0, 0.05) is 29.9 Å². The van der Waals surface area contributed by atoms with Crippen LogP contribution in [0.25, 0.3) is 0 Å². The summed E-state index contributed by atoms with van der Waals surface area (Å²) in [6, 6.07) is 6.34. The van der Waals surface area contributed by atoms with E-state index in [2.05, 4.69) is 28.3 Å². The van der Waals surface area contributed by atoms with Crippen molar-refractivity contribution in [1.82, 2.24) is 15.3 Å². The molecule has 1 aromatic carbocycles. The van der Waals surface area contributed by atoms with Crippen LogP contribution in [0.2, 0.25) is 5.02 Å². The van der Waals surface area contributed by atoms with Crippen molar-refractivity contribution in [1.29, 1.82) is 0 Å². The second kappa shape index (κ2) is 6.03. The topological polar surface area (TPSA) is 40.7 Å². The fraction of sp³-hybridized carbons (Fsp3) is 0.357. The van der Waals surface area contributed by atoms with Crippen LogP contribution in [0.5, 0.6) is 0 Å². The van der Waals surface area contributed by atoms with Gasteiger partial charge in [0.05, 0.1) is 0 Å². The van der Waals surface area contributed by atoms with E-state index >= 15 is 0 Å². The molecule has 0 aliphatic rings. The maximum atomic E-state index is 6.39. The van der Waals surface area contributed by atoms with Crippen molar-refractivity contribution in [3.63, 3.8) is 0 Å². The molecule has 96 valence electrons. The molecule has 4 heteroatoms. The summed E-state index contributed by atoms with van der Waals surface area (Å²) < 4.78 is 0. The molecule has 3 nitrogen and oxygen atoms in total. The van der Waals surface area contributed by atoms with Crippen LogP contribution in [0.3, 0.4) is 0 Å². The minimum atomic E-state index is 0.188. The molecule has 0 radical (unpaired) electrons. The molecule has 18 heavy (non-hydrogen) atoms. The van der Waals surface area contributed by atoms with Gasteiger partial charge in [-0.1, -0.05) is 36.7 Å². The number of aromatic amines is 1. The molecular weight excluding hydrogens is 246 g/mol. The van der Waals surface area contributed by atoms with Crippen molar-refractivity contribution in [3.8, 4) is 0 Å². The van der Waals surface area contributed by atoms with Crippen molar-refractivity contribution < 1.29 is 0 Å². The number of hydrogen-bond donors (Lipinski definition) is 2. The number of halogens is 1. The zero-order chi connectivity index (χ0) is 13.0. The van der Waals surface area contributed by atoms with Crippen LogP contribution < -0.4 is 5.32 Å². The minimum absolute atomic E-state index is 0.188. The van der Waals surface area contributed by atoms with E-state index in [1.54, 1.807) is 6.20 Å². The Hall–Kier alpha value is -1.32. The van der Waals surface area contributed by atoms with Gasteiger partial charge in [-0.05, 0) is 24.6 Å². The second-order valence-corrected chi connectivity index (χ2v) is 4.71. The molecule has 2 N–H and O–H groups in total. The van der Waals surface area contributed by atoms with Gasteiger partial charge >= 0.3 is 0 Å².